The third-order valence-corrected chi connectivity index (χ3v) is 8.59. The molecule has 176 valence electrons. The predicted octanol–water partition coefficient (Wildman–Crippen LogP) is 5.99. The van der Waals surface area contributed by atoms with Crippen molar-refractivity contribution in [2.24, 2.45) is 0 Å². The van der Waals surface area contributed by atoms with E-state index >= 15 is 0 Å². The minimum atomic E-state index is -3.27. The van der Waals surface area contributed by atoms with Crippen LogP contribution in [-0.2, 0) is 27.6 Å². The number of sulfone groups is 1. The number of thiazole rings is 1. The maximum Gasteiger partial charge on any atom is 0.233 e. The highest BCUT2D eigenvalue weighted by atomic mass is 32.2. The molecule has 0 saturated heterocycles. The molecule has 4 rings (SSSR count). The minimum Gasteiger partial charge on any atom is -0.283 e. The number of anilines is 1. The summed E-state index contributed by atoms with van der Waals surface area (Å²) in [6, 6.07) is 22.6. The molecule has 1 aromatic heterocycles. The first-order chi connectivity index (χ1) is 16.3. The number of hydrogen-bond acceptors (Lipinski definition) is 5. The molecule has 0 spiro atoms. The summed E-state index contributed by atoms with van der Waals surface area (Å²) in [5.74, 6) is 0.293. The molecule has 0 N–H and O–H groups in total. The van der Waals surface area contributed by atoms with E-state index in [0.717, 1.165) is 21.3 Å². The molecule has 0 aliphatic rings. The second-order valence-electron chi connectivity index (χ2n) is 8.53. The maximum absolute atomic E-state index is 13.5. The lowest BCUT2D eigenvalue weighted by Gasteiger charge is -2.20. The molecule has 7 heteroatoms. The first-order valence-electron chi connectivity index (χ1n) is 11.3. The summed E-state index contributed by atoms with van der Waals surface area (Å²) in [6.45, 7) is 6.32. The third-order valence-electron chi connectivity index (χ3n) is 5.79. The van der Waals surface area contributed by atoms with Crippen LogP contribution in [0.15, 0.2) is 77.7 Å². The lowest BCUT2D eigenvalue weighted by atomic mass is 10.0. The number of amides is 1. The van der Waals surface area contributed by atoms with Gasteiger partial charge < -0.3 is 0 Å². The van der Waals surface area contributed by atoms with Crippen molar-refractivity contribution in [1.29, 1.82) is 0 Å². The Labute approximate surface area is 205 Å². The molecule has 0 aliphatic carbocycles. The molecule has 0 radical (unpaired) electrons. The maximum atomic E-state index is 13.5. The van der Waals surface area contributed by atoms with Crippen LogP contribution >= 0.6 is 11.3 Å². The van der Waals surface area contributed by atoms with Gasteiger partial charge in [0.2, 0.25) is 5.91 Å². The van der Waals surface area contributed by atoms with E-state index in [-0.39, 0.29) is 23.0 Å². The van der Waals surface area contributed by atoms with Crippen LogP contribution in [0.2, 0.25) is 0 Å². The second-order valence-corrected chi connectivity index (χ2v) is 11.8. The SMILES string of the molecule is CCS(=O)(=O)c1ccc(CC(=O)N(Cc2ccccc2)c2nc3c(C(C)C)cccc3s2)cc1. The summed E-state index contributed by atoms with van der Waals surface area (Å²) in [4.78, 5) is 20.4. The fraction of sp³-hybridized carbons (Fsp3) is 0.259. The minimum absolute atomic E-state index is 0.0477. The van der Waals surface area contributed by atoms with E-state index in [0.29, 0.717) is 17.6 Å². The van der Waals surface area contributed by atoms with E-state index in [2.05, 4.69) is 19.9 Å². The quantitative estimate of drug-likeness (QED) is 0.303. The van der Waals surface area contributed by atoms with Crippen molar-refractivity contribution in [2.45, 2.75) is 44.6 Å². The second kappa shape index (κ2) is 10.1. The standard InChI is InChI=1S/C27H28N2O3S2/c1-4-34(31,32)22-15-13-20(14-16-22)17-25(30)29(18-21-9-6-5-7-10-21)27-28-26-23(19(2)3)11-8-12-24(26)33-27/h5-16,19H,4,17-18H2,1-3H3. The van der Waals surface area contributed by atoms with Crippen molar-refractivity contribution in [2.75, 3.05) is 10.7 Å². The van der Waals surface area contributed by atoms with Crippen molar-refractivity contribution in [1.82, 2.24) is 4.98 Å². The Morgan fingerprint density at radius 1 is 0.941 bits per heavy atom. The number of fused-ring (bicyclic) bond motifs is 1. The fourth-order valence-electron chi connectivity index (χ4n) is 3.82. The van der Waals surface area contributed by atoms with Crippen molar-refractivity contribution in [3.8, 4) is 0 Å². The smallest absolute Gasteiger partial charge is 0.233 e. The normalized spacial score (nSPS) is 11.8. The van der Waals surface area contributed by atoms with Gasteiger partial charge in [0.05, 0.1) is 33.8 Å². The molecule has 0 bridgehead atoms. The Morgan fingerprint density at radius 2 is 1.65 bits per heavy atom. The first kappa shape index (κ1) is 24.1. The molecule has 34 heavy (non-hydrogen) atoms. The van der Waals surface area contributed by atoms with Crippen LogP contribution in [0.3, 0.4) is 0 Å². The van der Waals surface area contributed by atoms with Gasteiger partial charge >= 0.3 is 0 Å². The van der Waals surface area contributed by atoms with E-state index in [1.54, 1.807) is 36.1 Å². The molecule has 1 amide bonds. The van der Waals surface area contributed by atoms with Crippen LogP contribution in [0.25, 0.3) is 10.2 Å². The summed E-state index contributed by atoms with van der Waals surface area (Å²) in [5, 5.41) is 0.669. The van der Waals surface area contributed by atoms with E-state index in [1.807, 2.05) is 42.5 Å². The largest absolute Gasteiger partial charge is 0.283 e. The van der Waals surface area contributed by atoms with Gasteiger partial charge in [0, 0.05) is 0 Å². The van der Waals surface area contributed by atoms with Crippen LogP contribution in [0.4, 0.5) is 5.13 Å². The zero-order valence-corrected chi connectivity index (χ0v) is 21.2. The molecule has 4 aromatic rings. The van der Waals surface area contributed by atoms with Crippen LogP contribution in [-0.4, -0.2) is 25.1 Å². The van der Waals surface area contributed by atoms with Gasteiger partial charge in [0.15, 0.2) is 15.0 Å². The Morgan fingerprint density at radius 3 is 2.29 bits per heavy atom. The van der Waals surface area contributed by atoms with Crippen molar-refractivity contribution in [3.63, 3.8) is 0 Å². The monoisotopic (exact) mass is 492 g/mol. The topological polar surface area (TPSA) is 67.3 Å². The van der Waals surface area contributed by atoms with E-state index < -0.39 is 9.84 Å². The van der Waals surface area contributed by atoms with Gasteiger partial charge in [-0.3, -0.25) is 9.69 Å². The number of hydrogen-bond donors (Lipinski definition) is 0. The van der Waals surface area contributed by atoms with Crippen LogP contribution < -0.4 is 4.90 Å². The third kappa shape index (κ3) is 5.21. The van der Waals surface area contributed by atoms with E-state index in [1.165, 1.54) is 16.9 Å². The Balaban J connectivity index is 1.67. The zero-order chi connectivity index (χ0) is 24.3. The van der Waals surface area contributed by atoms with Crippen LogP contribution in [0, 0.1) is 0 Å². The average Bonchev–Trinajstić information content (AvgIpc) is 3.27. The van der Waals surface area contributed by atoms with Gasteiger partial charge in [0.1, 0.15) is 0 Å². The number of aromatic nitrogens is 1. The van der Waals surface area contributed by atoms with Crippen molar-refractivity contribution < 1.29 is 13.2 Å². The summed E-state index contributed by atoms with van der Waals surface area (Å²) >= 11 is 1.52. The van der Waals surface area contributed by atoms with Crippen LogP contribution in [0.1, 0.15) is 43.4 Å². The number of carbonyl (C=O) groups excluding carboxylic acids is 1. The predicted molar refractivity (Wildman–Crippen MR) is 139 cm³/mol. The number of rotatable bonds is 8. The molecule has 0 unspecified atom stereocenters. The molecule has 5 nitrogen and oxygen atoms in total. The Bertz CT molecular complexity index is 1390. The molecule has 0 fully saturated rings. The van der Waals surface area contributed by atoms with E-state index in [4.69, 9.17) is 4.98 Å². The number of benzene rings is 3. The van der Waals surface area contributed by atoms with Crippen molar-refractivity contribution in [3.05, 3.63) is 89.5 Å². The Kier molecular flexibility index (Phi) is 7.14. The Hall–Kier alpha value is -3.03. The van der Waals surface area contributed by atoms with Gasteiger partial charge in [0.25, 0.3) is 0 Å². The van der Waals surface area contributed by atoms with Gasteiger partial charge in [-0.25, -0.2) is 13.4 Å². The van der Waals surface area contributed by atoms with Crippen molar-refractivity contribution >= 4 is 42.4 Å². The molecule has 1 heterocycles. The number of carbonyl (C=O) groups is 1. The molecular formula is C27H28N2O3S2. The number of para-hydroxylation sites is 1. The van der Waals surface area contributed by atoms with Crippen LogP contribution in [0.5, 0.6) is 0 Å². The zero-order valence-electron chi connectivity index (χ0n) is 19.6. The first-order valence-corrected chi connectivity index (χ1v) is 13.8. The highest BCUT2D eigenvalue weighted by Gasteiger charge is 2.22. The molecule has 0 saturated carbocycles. The fourth-order valence-corrected chi connectivity index (χ4v) is 5.72. The molecule has 3 aromatic carbocycles. The lowest BCUT2D eigenvalue weighted by Crippen LogP contribution is -2.31. The van der Waals surface area contributed by atoms with Gasteiger partial charge in [-0.1, -0.05) is 86.7 Å². The molecule has 0 aliphatic heterocycles. The summed E-state index contributed by atoms with van der Waals surface area (Å²) in [6.07, 6.45) is 0.159. The number of nitrogens with zero attached hydrogens (tertiary/aromatic N) is 2. The van der Waals surface area contributed by atoms with Gasteiger partial charge in [-0.05, 0) is 40.8 Å². The van der Waals surface area contributed by atoms with E-state index in [9.17, 15) is 13.2 Å². The van der Waals surface area contributed by atoms with Gasteiger partial charge in [-0.15, -0.1) is 0 Å². The lowest BCUT2D eigenvalue weighted by molar-refractivity contribution is -0.118. The summed E-state index contributed by atoms with van der Waals surface area (Å²) in [7, 11) is -3.27. The molecular weight excluding hydrogens is 464 g/mol. The van der Waals surface area contributed by atoms with Gasteiger partial charge in [-0.2, -0.15) is 0 Å². The molecule has 0 atom stereocenters. The summed E-state index contributed by atoms with van der Waals surface area (Å²) in [5.41, 5.74) is 3.89. The highest BCUT2D eigenvalue weighted by molar-refractivity contribution is 7.91. The highest BCUT2D eigenvalue weighted by Crippen LogP contribution is 2.34. The summed E-state index contributed by atoms with van der Waals surface area (Å²) < 4.78 is 25.3. The average molecular weight is 493 g/mol.